The number of hydrogen-bond acceptors (Lipinski definition) is 2. The molecule has 0 spiro atoms. The van der Waals surface area contributed by atoms with Crippen LogP contribution in [0.25, 0.3) is 10.9 Å². The topological polar surface area (TPSA) is 37.0 Å². The summed E-state index contributed by atoms with van der Waals surface area (Å²) in [6.07, 6.45) is 4.26. The summed E-state index contributed by atoms with van der Waals surface area (Å²) in [6.45, 7) is 2.86. The van der Waals surface area contributed by atoms with Crippen LogP contribution in [0.4, 0.5) is 0 Å². The molecule has 0 radical (unpaired) electrons. The molecule has 1 aliphatic rings. The van der Waals surface area contributed by atoms with Crippen molar-refractivity contribution in [2.75, 3.05) is 19.7 Å². The summed E-state index contributed by atoms with van der Waals surface area (Å²) in [5, 5.41) is 4.94. The number of benzene rings is 2. The fourth-order valence-electron chi connectivity index (χ4n) is 3.71. The van der Waals surface area contributed by atoms with Gasteiger partial charge in [-0.3, -0.25) is 0 Å². The third-order valence-electron chi connectivity index (χ3n) is 4.89. The van der Waals surface area contributed by atoms with Crippen molar-refractivity contribution in [1.82, 2.24) is 10.3 Å². The first-order valence-electron chi connectivity index (χ1n) is 9.02. The number of rotatable bonds is 5. The molecule has 0 unspecified atom stereocenters. The lowest BCUT2D eigenvalue weighted by atomic mass is 9.99. The van der Waals surface area contributed by atoms with Crippen LogP contribution in [0.1, 0.15) is 23.2 Å². The van der Waals surface area contributed by atoms with Gasteiger partial charge >= 0.3 is 0 Å². The minimum Gasteiger partial charge on any atom is -0.492 e. The molecule has 2 N–H and O–H groups in total. The van der Waals surface area contributed by atoms with Gasteiger partial charge in [-0.25, -0.2) is 0 Å². The number of fused-ring (bicyclic) bond motifs is 3. The predicted octanol–water partition coefficient (Wildman–Crippen LogP) is 4.63. The summed E-state index contributed by atoms with van der Waals surface area (Å²) in [7, 11) is 0. The van der Waals surface area contributed by atoms with Gasteiger partial charge in [0.1, 0.15) is 5.75 Å². The van der Waals surface area contributed by atoms with Gasteiger partial charge in [0.05, 0.1) is 11.1 Å². The predicted molar refractivity (Wildman–Crippen MR) is 107 cm³/mol. The zero-order chi connectivity index (χ0) is 17.1. The summed E-state index contributed by atoms with van der Waals surface area (Å²) in [6, 6.07) is 14.7. The first-order chi connectivity index (χ1) is 12.3. The van der Waals surface area contributed by atoms with Crippen LogP contribution in [-0.2, 0) is 19.3 Å². The van der Waals surface area contributed by atoms with Crippen LogP contribution in [0.3, 0.4) is 0 Å². The maximum absolute atomic E-state index is 5.92. The Hall–Kier alpha value is -1.78. The summed E-state index contributed by atoms with van der Waals surface area (Å²) in [5.41, 5.74) is 5.66. The normalized spacial score (nSPS) is 14.3. The number of aromatic nitrogens is 1. The maximum atomic E-state index is 5.92. The molecule has 0 amide bonds. The number of aromatic amines is 1. The second-order valence-corrected chi connectivity index (χ2v) is 7.41. The third-order valence-corrected chi connectivity index (χ3v) is 5.55. The number of nitrogens with one attached hydrogen (secondary N) is 2. The molecular formula is C21H23BrN2O. The molecule has 2 aromatic carbocycles. The van der Waals surface area contributed by atoms with Gasteiger partial charge in [-0.1, -0.05) is 24.3 Å². The third kappa shape index (κ3) is 3.60. The number of hydrogen-bond donors (Lipinski definition) is 2. The minimum absolute atomic E-state index is 0.729. The highest BCUT2D eigenvalue weighted by Gasteiger charge is 2.16. The van der Waals surface area contributed by atoms with Crippen molar-refractivity contribution in [3.63, 3.8) is 0 Å². The van der Waals surface area contributed by atoms with Gasteiger partial charge in [-0.2, -0.15) is 0 Å². The van der Waals surface area contributed by atoms with Crippen molar-refractivity contribution in [2.24, 2.45) is 0 Å². The molecular weight excluding hydrogens is 376 g/mol. The number of aryl methyl sites for hydroxylation is 1. The van der Waals surface area contributed by atoms with Gasteiger partial charge in [-0.05, 0) is 71.1 Å². The van der Waals surface area contributed by atoms with Crippen LogP contribution in [0.15, 0.2) is 46.9 Å². The first-order valence-corrected chi connectivity index (χ1v) is 9.81. The zero-order valence-electron chi connectivity index (χ0n) is 14.3. The second-order valence-electron chi connectivity index (χ2n) is 6.55. The fourth-order valence-corrected chi connectivity index (χ4v) is 4.10. The average molecular weight is 399 g/mol. The minimum atomic E-state index is 0.729. The quantitative estimate of drug-likeness (QED) is 0.614. The molecule has 4 heteroatoms. The van der Waals surface area contributed by atoms with Crippen LogP contribution in [-0.4, -0.2) is 24.7 Å². The molecule has 0 saturated heterocycles. The van der Waals surface area contributed by atoms with E-state index in [1.54, 1.807) is 0 Å². The standard InChI is InChI=1S/C21H23BrN2O/c22-17-7-1-2-9-20(17)25-14-4-6-15-5-3-8-19-21(15)16-10-12-23-13-11-18(16)24-19/h1-3,5,7-9,23-24H,4,6,10-14H2. The summed E-state index contributed by atoms with van der Waals surface area (Å²) < 4.78 is 6.93. The molecule has 1 aromatic heterocycles. The molecule has 0 bridgehead atoms. The summed E-state index contributed by atoms with van der Waals surface area (Å²) >= 11 is 3.53. The second kappa shape index (κ2) is 7.63. The Morgan fingerprint density at radius 2 is 1.88 bits per heavy atom. The molecule has 0 atom stereocenters. The van der Waals surface area contributed by atoms with Gasteiger partial charge in [0.25, 0.3) is 0 Å². The van der Waals surface area contributed by atoms with Gasteiger partial charge < -0.3 is 15.0 Å². The van der Waals surface area contributed by atoms with E-state index in [1.165, 1.54) is 27.7 Å². The van der Waals surface area contributed by atoms with Gasteiger partial charge in [0, 0.05) is 29.6 Å². The smallest absolute Gasteiger partial charge is 0.133 e. The SMILES string of the molecule is Brc1ccccc1OCCCc1cccc2[nH]c3c(c12)CCNCC3. The Bertz CT molecular complexity index is 871. The molecule has 0 aliphatic carbocycles. The van der Waals surface area contributed by atoms with E-state index in [4.69, 9.17) is 4.74 Å². The molecule has 1 aliphatic heterocycles. The van der Waals surface area contributed by atoms with Crippen LogP contribution < -0.4 is 10.1 Å². The largest absolute Gasteiger partial charge is 0.492 e. The van der Waals surface area contributed by atoms with E-state index < -0.39 is 0 Å². The summed E-state index contributed by atoms with van der Waals surface area (Å²) in [4.78, 5) is 3.64. The fraction of sp³-hybridized carbons (Fsp3) is 0.333. The average Bonchev–Trinajstić information content (AvgIpc) is 2.82. The molecule has 130 valence electrons. The molecule has 2 heterocycles. The Morgan fingerprint density at radius 1 is 1.00 bits per heavy atom. The van der Waals surface area contributed by atoms with Crippen LogP contribution >= 0.6 is 15.9 Å². The highest BCUT2D eigenvalue weighted by molar-refractivity contribution is 9.10. The van der Waals surface area contributed by atoms with Crippen LogP contribution in [0.5, 0.6) is 5.75 Å². The Labute approximate surface area is 156 Å². The van der Waals surface area contributed by atoms with Crippen LogP contribution in [0, 0.1) is 0 Å². The molecule has 0 saturated carbocycles. The van der Waals surface area contributed by atoms with E-state index in [0.29, 0.717) is 0 Å². The number of halogens is 1. The van der Waals surface area contributed by atoms with Gasteiger partial charge in [0.2, 0.25) is 0 Å². The molecule has 3 aromatic rings. The van der Waals surface area contributed by atoms with E-state index in [9.17, 15) is 0 Å². The lowest BCUT2D eigenvalue weighted by Gasteiger charge is -2.09. The first kappa shape index (κ1) is 16.7. The van der Waals surface area contributed by atoms with Gasteiger partial charge in [0.15, 0.2) is 0 Å². The van der Waals surface area contributed by atoms with Crippen molar-refractivity contribution in [3.8, 4) is 5.75 Å². The van der Waals surface area contributed by atoms with E-state index in [-0.39, 0.29) is 0 Å². The van der Waals surface area contributed by atoms with Crippen molar-refractivity contribution < 1.29 is 4.74 Å². The highest BCUT2D eigenvalue weighted by Crippen LogP contribution is 2.29. The number of H-pyrrole nitrogens is 1. The van der Waals surface area contributed by atoms with E-state index in [2.05, 4.69) is 44.4 Å². The van der Waals surface area contributed by atoms with E-state index >= 15 is 0 Å². The number of ether oxygens (including phenoxy) is 1. The molecule has 0 fully saturated rings. The lowest BCUT2D eigenvalue weighted by Crippen LogP contribution is -2.16. The Morgan fingerprint density at radius 3 is 2.80 bits per heavy atom. The van der Waals surface area contributed by atoms with Crippen molar-refractivity contribution >= 4 is 26.8 Å². The van der Waals surface area contributed by atoms with E-state index in [0.717, 1.165) is 55.6 Å². The Kier molecular flexibility index (Phi) is 5.09. The zero-order valence-corrected chi connectivity index (χ0v) is 15.9. The monoisotopic (exact) mass is 398 g/mol. The van der Waals surface area contributed by atoms with Gasteiger partial charge in [-0.15, -0.1) is 0 Å². The maximum Gasteiger partial charge on any atom is 0.133 e. The van der Waals surface area contributed by atoms with Crippen molar-refractivity contribution in [1.29, 1.82) is 0 Å². The van der Waals surface area contributed by atoms with Crippen LogP contribution in [0.2, 0.25) is 0 Å². The lowest BCUT2D eigenvalue weighted by molar-refractivity contribution is 0.309. The highest BCUT2D eigenvalue weighted by atomic mass is 79.9. The van der Waals surface area contributed by atoms with Crippen molar-refractivity contribution in [2.45, 2.75) is 25.7 Å². The molecule has 3 nitrogen and oxygen atoms in total. The van der Waals surface area contributed by atoms with Crippen molar-refractivity contribution in [3.05, 3.63) is 63.8 Å². The van der Waals surface area contributed by atoms with E-state index in [1.807, 2.05) is 24.3 Å². The summed E-state index contributed by atoms with van der Waals surface area (Å²) in [5.74, 6) is 0.919. The Balaban J connectivity index is 1.48. The number of para-hydroxylation sites is 1. The molecule has 25 heavy (non-hydrogen) atoms. The molecule has 4 rings (SSSR count).